The zero-order chi connectivity index (χ0) is 21.3. The maximum atomic E-state index is 13.7. The molecular formula is C23H28N6O2. The Morgan fingerprint density at radius 2 is 2.10 bits per heavy atom. The first kappa shape index (κ1) is 18.8. The maximum Gasteiger partial charge on any atom is 0.258 e. The molecule has 0 radical (unpaired) electrons. The van der Waals surface area contributed by atoms with E-state index in [4.69, 9.17) is 9.40 Å². The van der Waals surface area contributed by atoms with Crippen molar-refractivity contribution in [3.05, 3.63) is 34.9 Å². The Morgan fingerprint density at radius 1 is 1.29 bits per heavy atom. The molecule has 0 saturated heterocycles. The Bertz CT molecular complexity index is 1200. The molecule has 6 rings (SSSR count). The molecule has 8 nitrogen and oxygen atoms in total. The number of nitrogens with zero attached hydrogens (tertiary/aromatic N) is 5. The van der Waals surface area contributed by atoms with Gasteiger partial charge in [0.05, 0.1) is 28.9 Å². The van der Waals surface area contributed by atoms with E-state index in [1.165, 1.54) is 30.7 Å². The Morgan fingerprint density at radius 3 is 2.81 bits per heavy atom. The molecule has 0 bridgehead atoms. The highest BCUT2D eigenvalue weighted by atomic mass is 16.3. The highest BCUT2D eigenvalue weighted by Crippen LogP contribution is 2.42. The minimum absolute atomic E-state index is 0.0162. The third-order valence-corrected chi connectivity index (χ3v) is 6.98. The van der Waals surface area contributed by atoms with Crippen LogP contribution in [0.4, 0.5) is 5.82 Å². The zero-order valence-electron chi connectivity index (χ0n) is 18.4. The van der Waals surface area contributed by atoms with Crippen molar-refractivity contribution in [1.29, 1.82) is 0 Å². The van der Waals surface area contributed by atoms with Crippen molar-refractivity contribution in [1.82, 2.24) is 24.4 Å². The number of carbonyl (C=O) groups excluding carboxylic acids is 1. The second-order valence-electron chi connectivity index (χ2n) is 9.49. The molecule has 1 amide bonds. The first-order chi connectivity index (χ1) is 15.0. The number of aryl methyl sites for hydroxylation is 2. The van der Waals surface area contributed by atoms with Crippen LogP contribution in [-0.4, -0.2) is 42.4 Å². The number of imidazole rings is 1. The van der Waals surface area contributed by atoms with Crippen LogP contribution in [0.5, 0.6) is 0 Å². The summed E-state index contributed by atoms with van der Waals surface area (Å²) in [7, 11) is 0. The van der Waals surface area contributed by atoms with Gasteiger partial charge in [0.25, 0.3) is 5.91 Å². The molecule has 4 heterocycles. The lowest BCUT2D eigenvalue weighted by molar-refractivity contribution is 0.0709. The van der Waals surface area contributed by atoms with E-state index >= 15 is 0 Å². The molecule has 0 aromatic carbocycles. The molecule has 2 fully saturated rings. The number of furan rings is 1. The predicted molar refractivity (Wildman–Crippen MR) is 116 cm³/mol. The molecule has 1 N–H and O–H groups in total. The van der Waals surface area contributed by atoms with E-state index in [1.807, 2.05) is 11.8 Å². The first-order valence-electron chi connectivity index (χ1n) is 11.4. The third-order valence-electron chi connectivity index (χ3n) is 6.98. The molecule has 0 atom stereocenters. The van der Waals surface area contributed by atoms with Gasteiger partial charge in [0.2, 0.25) is 5.71 Å². The fourth-order valence-corrected chi connectivity index (χ4v) is 4.73. The Balaban J connectivity index is 1.37. The van der Waals surface area contributed by atoms with Crippen LogP contribution in [0.3, 0.4) is 0 Å². The van der Waals surface area contributed by atoms with E-state index in [9.17, 15) is 4.79 Å². The van der Waals surface area contributed by atoms with Crippen LogP contribution in [0.2, 0.25) is 0 Å². The van der Waals surface area contributed by atoms with Crippen molar-refractivity contribution >= 4 is 22.8 Å². The predicted octanol–water partition coefficient (Wildman–Crippen LogP) is 3.79. The van der Waals surface area contributed by atoms with Gasteiger partial charge in [0.15, 0.2) is 0 Å². The van der Waals surface area contributed by atoms with Crippen LogP contribution in [0, 0.1) is 6.92 Å². The maximum absolute atomic E-state index is 13.7. The minimum Gasteiger partial charge on any atom is -0.442 e. The number of anilines is 1. The highest BCUT2D eigenvalue weighted by molar-refractivity contribution is 6.10. The van der Waals surface area contributed by atoms with Crippen molar-refractivity contribution in [2.24, 2.45) is 0 Å². The van der Waals surface area contributed by atoms with Gasteiger partial charge in [0, 0.05) is 24.5 Å². The molecule has 0 spiro atoms. The van der Waals surface area contributed by atoms with Gasteiger partial charge in [-0.15, -0.1) is 0 Å². The molecular weight excluding hydrogens is 392 g/mol. The normalized spacial score (nSPS) is 19.5. The average molecular weight is 421 g/mol. The van der Waals surface area contributed by atoms with E-state index in [0.717, 1.165) is 31.5 Å². The van der Waals surface area contributed by atoms with Crippen LogP contribution >= 0.6 is 0 Å². The molecule has 3 aromatic rings. The number of fused-ring (bicyclic) bond motifs is 2. The largest absolute Gasteiger partial charge is 0.442 e. The van der Waals surface area contributed by atoms with Crippen LogP contribution in [0.15, 0.2) is 10.7 Å². The summed E-state index contributed by atoms with van der Waals surface area (Å²) in [6, 6.07) is 0. The SMILES string of the molecule is CCc1nc(C2CC2)n2c1CN(C(=O)c1c(C)oc3ncnc(NC4(C)CC4)c13)CC2. The monoisotopic (exact) mass is 420 g/mol. The van der Waals surface area contributed by atoms with E-state index in [2.05, 4.69) is 33.7 Å². The number of hydrogen-bond acceptors (Lipinski definition) is 6. The van der Waals surface area contributed by atoms with E-state index in [1.54, 1.807) is 0 Å². The van der Waals surface area contributed by atoms with Crippen LogP contribution in [0.1, 0.15) is 78.8 Å². The summed E-state index contributed by atoms with van der Waals surface area (Å²) < 4.78 is 8.25. The zero-order valence-corrected chi connectivity index (χ0v) is 18.4. The van der Waals surface area contributed by atoms with Crippen molar-refractivity contribution in [2.45, 2.75) is 77.4 Å². The van der Waals surface area contributed by atoms with Crippen LogP contribution in [0.25, 0.3) is 11.1 Å². The first-order valence-corrected chi connectivity index (χ1v) is 11.4. The molecule has 1 aliphatic heterocycles. The van der Waals surface area contributed by atoms with E-state index in [-0.39, 0.29) is 11.4 Å². The number of aromatic nitrogens is 4. The second kappa shape index (κ2) is 6.55. The van der Waals surface area contributed by atoms with E-state index in [0.29, 0.717) is 47.2 Å². The fraction of sp³-hybridized carbons (Fsp3) is 0.565. The Labute approximate surface area is 181 Å². The lowest BCUT2D eigenvalue weighted by Gasteiger charge is -2.29. The second-order valence-corrected chi connectivity index (χ2v) is 9.49. The van der Waals surface area contributed by atoms with Crippen LogP contribution in [-0.2, 0) is 19.5 Å². The van der Waals surface area contributed by atoms with Crippen molar-refractivity contribution < 1.29 is 9.21 Å². The molecule has 2 saturated carbocycles. The molecule has 162 valence electrons. The molecule has 2 aliphatic carbocycles. The Kier molecular flexibility index (Phi) is 3.98. The number of amides is 1. The lowest BCUT2D eigenvalue weighted by Crippen LogP contribution is -2.39. The molecule has 8 heteroatoms. The smallest absolute Gasteiger partial charge is 0.258 e. The third kappa shape index (κ3) is 3.03. The summed E-state index contributed by atoms with van der Waals surface area (Å²) in [6.07, 6.45) is 7.04. The van der Waals surface area contributed by atoms with Gasteiger partial charge >= 0.3 is 0 Å². The molecule has 3 aromatic heterocycles. The van der Waals surface area contributed by atoms with Crippen LogP contribution < -0.4 is 5.32 Å². The van der Waals surface area contributed by atoms with Crippen molar-refractivity contribution in [3.8, 4) is 0 Å². The van der Waals surface area contributed by atoms with Gasteiger partial charge in [0.1, 0.15) is 23.7 Å². The molecule has 3 aliphatic rings. The summed E-state index contributed by atoms with van der Waals surface area (Å²) in [5, 5.41) is 4.21. The lowest BCUT2D eigenvalue weighted by atomic mass is 10.1. The minimum atomic E-state index is -0.0162. The summed E-state index contributed by atoms with van der Waals surface area (Å²) in [6.45, 7) is 8.21. The quantitative estimate of drug-likeness (QED) is 0.676. The Hall–Kier alpha value is -2.90. The van der Waals surface area contributed by atoms with Crippen molar-refractivity contribution in [3.63, 3.8) is 0 Å². The van der Waals surface area contributed by atoms with Gasteiger partial charge in [-0.1, -0.05) is 6.92 Å². The number of carbonyl (C=O) groups is 1. The fourth-order valence-electron chi connectivity index (χ4n) is 4.73. The average Bonchev–Trinajstić information content (AvgIpc) is 3.67. The number of rotatable bonds is 5. The number of hydrogen-bond donors (Lipinski definition) is 1. The molecule has 31 heavy (non-hydrogen) atoms. The number of nitrogens with one attached hydrogen (secondary N) is 1. The van der Waals surface area contributed by atoms with E-state index < -0.39 is 0 Å². The summed E-state index contributed by atoms with van der Waals surface area (Å²) in [5.74, 6) is 3.10. The summed E-state index contributed by atoms with van der Waals surface area (Å²) in [5.41, 5.74) is 3.40. The highest BCUT2D eigenvalue weighted by Gasteiger charge is 2.39. The molecule has 0 unspecified atom stereocenters. The van der Waals surface area contributed by atoms with Gasteiger partial charge in [-0.25, -0.2) is 15.0 Å². The van der Waals surface area contributed by atoms with Gasteiger partial charge in [-0.2, -0.15) is 0 Å². The van der Waals surface area contributed by atoms with Gasteiger partial charge < -0.3 is 19.2 Å². The topological polar surface area (TPSA) is 89.1 Å². The standard InChI is InChI=1S/C23H28N6O2/c1-4-15-16-11-28(9-10-29(16)20(26-15)14-5-6-14)22(30)17-13(2)31-21-18(17)19(24-12-25-21)27-23(3)7-8-23/h12,14H,4-11H2,1-3H3,(H,24,25,27). The summed E-state index contributed by atoms with van der Waals surface area (Å²) >= 11 is 0. The summed E-state index contributed by atoms with van der Waals surface area (Å²) in [4.78, 5) is 29.4. The van der Waals surface area contributed by atoms with Crippen molar-refractivity contribution in [2.75, 3.05) is 11.9 Å². The van der Waals surface area contributed by atoms with Gasteiger partial charge in [-0.3, -0.25) is 4.79 Å². The van der Waals surface area contributed by atoms with Gasteiger partial charge in [-0.05, 0) is 46.0 Å².